The number of hydrogen-bond acceptors (Lipinski definition) is 8. The number of amides is 2. The molecular weight excluding hydrogens is 522 g/mol. The summed E-state index contributed by atoms with van der Waals surface area (Å²) in [6.07, 6.45) is 5.37. The van der Waals surface area contributed by atoms with Crippen molar-refractivity contribution in [2.24, 2.45) is 22.9 Å². The lowest BCUT2D eigenvalue weighted by Gasteiger charge is -2.23. The molecule has 0 bridgehead atoms. The van der Waals surface area contributed by atoms with Crippen LogP contribution in [0.5, 0.6) is 5.88 Å². The molecule has 2 aromatic heterocycles. The molecule has 1 saturated carbocycles. The van der Waals surface area contributed by atoms with Crippen LogP contribution in [-0.4, -0.2) is 86.0 Å². The molecule has 6 rings (SSSR count). The average molecular weight is 556 g/mol. The Morgan fingerprint density at radius 1 is 1.03 bits per heavy atom. The van der Waals surface area contributed by atoms with Crippen LogP contribution >= 0.6 is 0 Å². The number of nitrogens with zero attached hydrogens (tertiary/aromatic N) is 4. The van der Waals surface area contributed by atoms with Crippen LogP contribution in [0.3, 0.4) is 0 Å². The van der Waals surface area contributed by atoms with E-state index in [0.717, 1.165) is 44.2 Å². The minimum atomic E-state index is -3.87. The van der Waals surface area contributed by atoms with E-state index >= 15 is 0 Å². The van der Waals surface area contributed by atoms with Crippen LogP contribution in [0, 0.1) is 17.8 Å². The summed E-state index contributed by atoms with van der Waals surface area (Å²) < 4.78 is 34.5. The van der Waals surface area contributed by atoms with Gasteiger partial charge in [-0.3, -0.25) is 9.59 Å². The SMILES string of the molecule is NS(=O)(=O)c1ccc(C(=O)N2CC3CN(C(=O)c4cc(OCC5CCCOC5)nc(C5CC5)c4)CC3C2)nc1. The third-order valence-electron chi connectivity index (χ3n) is 8.13. The molecule has 3 atom stereocenters. The Morgan fingerprint density at radius 3 is 2.33 bits per heavy atom. The number of ether oxygens (including phenoxy) is 2. The van der Waals surface area contributed by atoms with Crippen LogP contribution in [0.2, 0.25) is 0 Å². The van der Waals surface area contributed by atoms with E-state index in [1.54, 1.807) is 11.0 Å². The lowest BCUT2D eigenvalue weighted by atomic mass is 10.0. The average Bonchev–Trinajstić information content (AvgIpc) is 3.61. The number of likely N-dealkylation sites (tertiary alicyclic amines) is 2. The monoisotopic (exact) mass is 555 g/mol. The summed E-state index contributed by atoms with van der Waals surface area (Å²) in [6, 6.07) is 6.35. The normalized spacial score (nSPS) is 25.0. The fourth-order valence-electron chi connectivity index (χ4n) is 5.80. The van der Waals surface area contributed by atoms with Gasteiger partial charge in [0, 0.05) is 80.0 Å². The molecular formula is C27H33N5O6S. The maximum absolute atomic E-state index is 13.6. The highest BCUT2D eigenvalue weighted by atomic mass is 32.2. The van der Waals surface area contributed by atoms with E-state index in [-0.39, 0.29) is 34.2 Å². The summed E-state index contributed by atoms with van der Waals surface area (Å²) >= 11 is 0. The molecule has 2 N–H and O–H groups in total. The van der Waals surface area contributed by atoms with E-state index in [1.807, 2.05) is 11.0 Å². The Kier molecular flexibility index (Phi) is 7.02. The Balaban J connectivity index is 1.09. The first-order chi connectivity index (χ1) is 18.7. The van der Waals surface area contributed by atoms with Crippen molar-refractivity contribution in [3.63, 3.8) is 0 Å². The number of nitrogens with two attached hydrogens (primary N) is 1. The number of pyridine rings is 2. The van der Waals surface area contributed by atoms with Crippen molar-refractivity contribution in [2.75, 3.05) is 46.0 Å². The zero-order valence-electron chi connectivity index (χ0n) is 21.7. The summed E-state index contributed by atoms with van der Waals surface area (Å²) in [5.74, 6) is 1.31. The van der Waals surface area contributed by atoms with Gasteiger partial charge in [-0.25, -0.2) is 23.5 Å². The first-order valence-corrected chi connectivity index (χ1v) is 15.1. The number of carbonyl (C=O) groups is 2. The van der Waals surface area contributed by atoms with Gasteiger partial charge in [0.05, 0.1) is 13.2 Å². The van der Waals surface area contributed by atoms with Crippen LogP contribution in [0.4, 0.5) is 0 Å². The van der Waals surface area contributed by atoms with Crippen molar-refractivity contribution in [2.45, 2.75) is 36.5 Å². The van der Waals surface area contributed by atoms with Crippen molar-refractivity contribution in [1.82, 2.24) is 19.8 Å². The zero-order chi connectivity index (χ0) is 27.1. The summed E-state index contributed by atoms with van der Waals surface area (Å²) in [5.41, 5.74) is 1.70. The molecule has 1 aliphatic carbocycles. The maximum Gasteiger partial charge on any atom is 0.272 e. The van der Waals surface area contributed by atoms with Gasteiger partial charge in [-0.15, -0.1) is 0 Å². The lowest BCUT2D eigenvalue weighted by Crippen LogP contribution is -2.36. The molecule has 3 saturated heterocycles. The van der Waals surface area contributed by atoms with Crippen LogP contribution in [0.1, 0.15) is 58.1 Å². The largest absolute Gasteiger partial charge is 0.477 e. The smallest absolute Gasteiger partial charge is 0.272 e. The van der Waals surface area contributed by atoms with Gasteiger partial charge in [-0.05, 0) is 43.9 Å². The standard InChI is InChI=1S/C27H33N5O6S/c28-39(35,36)22-5-6-23(29-10-22)27(34)32-13-20-11-31(12-21(20)14-32)26(33)19-8-24(18-3-4-18)30-25(9-19)38-16-17-2-1-7-37-15-17/h5-6,8-10,17-18,20-21H,1-4,7,11-16H2,(H2,28,35,36). The van der Waals surface area contributed by atoms with Crippen LogP contribution in [0.15, 0.2) is 35.4 Å². The first-order valence-electron chi connectivity index (χ1n) is 13.5. The quantitative estimate of drug-likeness (QED) is 0.543. The number of sulfonamides is 1. The molecule has 5 heterocycles. The summed E-state index contributed by atoms with van der Waals surface area (Å²) in [5, 5.41) is 5.12. The van der Waals surface area contributed by atoms with Gasteiger partial charge in [0.15, 0.2) is 0 Å². The van der Waals surface area contributed by atoms with Crippen LogP contribution < -0.4 is 9.88 Å². The number of fused-ring (bicyclic) bond motifs is 1. The van der Waals surface area contributed by atoms with Gasteiger partial charge in [0.1, 0.15) is 10.6 Å². The highest BCUT2D eigenvalue weighted by molar-refractivity contribution is 7.89. The van der Waals surface area contributed by atoms with Crippen molar-refractivity contribution < 1.29 is 27.5 Å². The van der Waals surface area contributed by atoms with E-state index in [2.05, 4.69) is 4.98 Å². The fraction of sp³-hybridized carbons (Fsp3) is 0.556. The van der Waals surface area contributed by atoms with Crippen molar-refractivity contribution in [1.29, 1.82) is 0 Å². The summed E-state index contributed by atoms with van der Waals surface area (Å²) in [6.45, 7) is 4.22. The highest BCUT2D eigenvalue weighted by Gasteiger charge is 2.43. The number of hydrogen-bond donors (Lipinski definition) is 1. The van der Waals surface area contributed by atoms with Crippen molar-refractivity contribution in [3.8, 4) is 5.88 Å². The predicted molar refractivity (Wildman–Crippen MR) is 140 cm³/mol. The van der Waals surface area contributed by atoms with Crippen LogP contribution in [-0.2, 0) is 14.8 Å². The van der Waals surface area contributed by atoms with Gasteiger partial charge < -0.3 is 19.3 Å². The molecule has 12 heteroatoms. The second kappa shape index (κ2) is 10.5. The number of primary sulfonamides is 1. The molecule has 2 aromatic rings. The second-order valence-corrected chi connectivity index (χ2v) is 12.7. The highest BCUT2D eigenvalue weighted by Crippen LogP contribution is 2.40. The molecule has 11 nitrogen and oxygen atoms in total. The predicted octanol–water partition coefficient (Wildman–Crippen LogP) is 1.65. The minimum Gasteiger partial charge on any atom is -0.477 e. The molecule has 4 aliphatic rings. The van der Waals surface area contributed by atoms with E-state index in [9.17, 15) is 18.0 Å². The summed E-state index contributed by atoms with van der Waals surface area (Å²) in [4.78, 5) is 38.7. The van der Waals surface area contributed by atoms with E-state index < -0.39 is 10.0 Å². The maximum atomic E-state index is 13.6. The van der Waals surface area contributed by atoms with Crippen LogP contribution in [0.25, 0.3) is 0 Å². The molecule has 208 valence electrons. The van der Waals surface area contributed by atoms with Gasteiger partial charge in [-0.2, -0.15) is 0 Å². The first kappa shape index (κ1) is 26.1. The van der Waals surface area contributed by atoms with Crippen molar-refractivity contribution in [3.05, 3.63) is 47.4 Å². The molecule has 0 spiro atoms. The topological polar surface area (TPSA) is 145 Å². The molecule has 3 unspecified atom stereocenters. The summed E-state index contributed by atoms with van der Waals surface area (Å²) in [7, 11) is -3.87. The Bertz CT molecular complexity index is 1340. The lowest BCUT2D eigenvalue weighted by molar-refractivity contribution is 0.0343. The molecule has 0 aromatic carbocycles. The zero-order valence-corrected chi connectivity index (χ0v) is 22.5. The van der Waals surface area contributed by atoms with E-state index in [0.29, 0.717) is 62.7 Å². The molecule has 0 radical (unpaired) electrons. The Labute approximate surface area is 227 Å². The van der Waals surface area contributed by atoms with E-state index in [4.69, 9.17) is 19.6 Å². The van der Waals surface area contributed by atoms with E-state index in [1.165, 1.54) is 12.1 Å². The Morgan fingerprint density at radius 2 is 1.74 bits per heavy atom. The Hall–Kier alpha value is -3.09. The van der Waals surface area contributed by atoms with Gasteiger partial charge in [0.2, 0.25) is 15.9 Å². The third-order valence-corrected chi connectivity index (χ3v) is 9.03. The number of aromatic nitrogens is 2. The molecule has 3 aliphatic heterocycles. The van der Waals surface area contributed by atoms with Gasteiger partial charge in [0.25, 0.3) is 11.8 Å². The number of rotatable bonds is 7. The second-order valence-electron chi connectivity index (χ2n) is 11.2. The third kappa shape index (κ3) is 5.78. The van der Waals surface area contributed by atoms with Gasteiger partial charge >= 0.3 is 0 Å². The fourth-order valence-corrected chi connectivity index (χ4v) is 6.26. The molecule has 39 heavy (non-hydrogen) atoms. The van der Waals surface area contributed by atoms with Crippen molar-refractivity contribution >= 4 is 21.8 Å². The van der Waals surface area contributed by atoms with Gasteiger partial charge in [-0.1, -0.05) is 0 Å². The minimum absolute atomic E-state index is 0.0299. The number of carbonyl (C=O) groups excluding carboxylic acids is 2. The molecule has 4 fully saturated rings. The molecule has 2 amide bonds.